The van der Waals surface area contributed by atoms with E-state index in [1.54, 1.807) is 49.6 Å². The minimum atomic E-state index is -0.558. The summed E-state index contributed by atoms with van der Waals surface area (Å²) in [5, 5.41) is 1.36. The Hall–Kier alpha value is -5.30. The van der Waals surface area contributed by atoms with E-state index in [0.717, 1.165) is 10.9 Å². The molecule has 7 nitrogen and oxygen atoms in total. The molecule has 39 heavy (non-hydrogen) atoms. The van der Waals surface area contributed by atoms with Gasteiger partial charge in [0.1, 0.15) is 22.8 Å². The van der Waals surface area contributed by atoms with Crippen molar-refractivity contribution in [2.45, 2.75) is 0 Å². The fourth-order valence-electron chi connectivity index (χ4n) is 4.56. The van der Waals surface area contributed by atoms with Crippen LogP contribution < -0.4 is 19.8 Å². The molecule has 192 valence electrons. The summed E-state index contributed by atoms with van der Waals surface area (Å²) in [6.07, 6.45) is 0. The van der Waals surface area contributed by atoms with Crippen molar-refractivity contribution in [3.63, 3.8) is 0 Å². The van der Waals surface area contributed by atoms with Gasteiger partial charge in [0.2, 0.25) is 0 Å². The summed E-state index contributed by atoms with van der Waals surface area (Å²) >= 11 is 0. The number of methoxy groups -OCH3 is 2. The first kappa shape index (κ1) is 24.1. The van der Waals surface area contributed by atoms with Crippen LogP contribution in [0.1, 0.15) is 10.4 Å². The Balaban J connectivity index is 1.55. The van der Waals surface area contributed by atoms with Gasteiger partial charge in [-0.1, -0.05) is 48.5 Å². The van der Waals surface area contributed by atoms with Gasteiger partial charge in [-0.3, -0.25) is 0 Å². The van der Waals surface area contributed by atoms with Crippen molar-refractivity contribution in [2.75, 3.05) is 14.2 Å². The molecular formula is C32H22O7. The largest absolute Gasteiger partial charge is 0.497 e. The van der Waals surface area contributed by atoms with E-state index in [2.05, 4.69) is 0 Å². The van der Waals surface area contributed by atoms with Gasteiger partial charge in [0.05, 0.1) is 19.8 Å². The number of rotatable bonds is 6. The third-order valence-electron chi connectivity index (χ3n) is 6.43. The standard InChI is InChI=1S/C32H22O7/c1-35-22-12-6-11-21(14-22)32(34)39-28-17-24-25(27-15-20-10-7-13-26(36-2)31(20)38-27)18-30(33)37-29(24)16-23(28)19-8-4-3-5-9-19/h3-18H,1-2H3. The van der Waals surface area contributed by atoms with Crippen LogP contribution in [0.15, 0.2) is 111 Å². The monoisotopic (exact) mass is 518 g/mol. The van der Waals surface area contributed by atoms with Crippen LogP contribution in [0.3, 0.4) is 0 Å². The Morgan fingerprint density at radius 3 is 2.33 bits per heavy atom. The first-order chi connectivity index (χ1) is 19.0. The second kappa shape index (κ2) is 9.87. The van der Waals surface area contributed by atoms with Gasteiger partial charge in [-0.25, -0.2) is 9.59 Å². The van der Waals surface area contributed by atoms with Crippen LogP contribution in [0.25, 0.3) is 44.4 Å². The molecule has 0 saturated heterocycles. The van der Waals surface area contributed by atoms with Crippen LogP contribution in [-0.4, -0.2) is 20.2 Å². The van der Waals surface area contributed by atoms with Gasteiger partial charge in [-0.05, 0) is 48.0 Å². The molecule has 0 aliphatic carbocycles. The Labute approximate surface area is 222 Å². The Bertz CT molecular complexity index is 1900. The van der Waals surface area contributed by atoms with Crippen LogP contribution in [0.5, 0.6) is 17.2 Å². The maximum Gasteiger partial charge on any atom is 0.343 e. The molecule has 0 N–H and O–H groups in total. The lowest BCUT2D eigenvalue weighted by atomic mass is 10.00. The topological polar surface area (TPSA) is 88.1 Å². The van der Waals surface area contributed by atoms with E-state index in [0.29, 0.717) is 56.3 Å². The predicted octanol–water partition coefficient (Wildman–Crippen LogP) is 7.11. The highest BCUT2D eigenvalue weighted by Crippen LogP contribution is 2.40. The molecule has 0 aliphatic rings. The third kappa shape index (κ3) is 4.51. The number of esters is 1. The van der Waals surface area contributed by atoms with E-state index in [1.165, 1.54) is 13.2 Å². The average molecular weight is 519 g/mol. The molecular weight excluding hydrogens is 496 g/mol. The zero-order valence-corrected chi connectivity index (χ0v) is 21.1. The van der Waals surface area contributed by atoms with Gasteiger partial charge in [0, 0.05) is 28.0 Å². The fourth-order valence-corrected chi connectivity index (χ4v) is 4.56. The number of carbonyl (C=O) groups excluding carboxylic acids is 1. The molecule has 0 amide bonds. The van der Waals surface area contributed by atoms with Crippen molar-refractivity contribution in [1.82, 2.24) is 0 Å². The maximum atomic E-state index is 13.2. The number of hydrogen-bond donors (Lipinski definition) is 0. The first-order valence-corrected chi connectivity index (χ1v) is 12.1. The van der Waals surface area contributed by atoms with Crippen molar-refractivity contribution in [3.05, 3.63) is 113 Å². The molecule has 2 heterocycles. The smallest absolute Gasteiger partial charge is 0.343 e. The summed E-state index contributed by atoms with van der Waals surface area (Å²) in [6, 6.07) is 28.3. The average Bonchev–Trinajstić information content (AvgIpc) is 3.41. The van der Waals surface area contributed by atoms with E-state index >= 15 is 0 Å². The highest BCUT2D eigenvalue weighted by Gasteiger charge is 2.20. The molecule has 0 bridgehead atoms. The fraction of sp³-hybridized carbons (Fsp3) is 0.0625. The zero-order valence-electron chi connectivity index (χ0n) is 21.1. The summed E-state index contributed by atoms with van der Waals surface area (Å²) in [4.78, 5) is 25.9. The number of carbonyl (C=O) groups is 1. The molecule has 0 fully saturated rings. The SMILES string of the molecule is COc1cccc(C(=O)Oc2cc3c(-c4cc5cccc(OC)c5o4)cc(=O)oc3cc2-c2ccccc2)c1. The molecule has 0 radical (unpaired) electrons. The van der Waals surface area contributed by atoms with Gasteiger partial charge in [0.15, 0.2) is 11.3 Å². The molecule has 0 saturated carbocycles. The van der Waals surface area contributed by atoms with Crippen molar-refractivity contribution in [2.24, 2.45) is 0 Å². The molecule has 6 rings (SSSR count). The second-order valence-corrected chi connectivity index (χ2v) is 8.80. The van der Waals surface area contributed by atoms with Gasteiger partial charge < -0.3 is 23.0 Å². The number of benzene rings is 4. The zero-order chi connectivity index (χ0) is 26.9. The minimum absolute atomic E-state index is 0.297. The molecule has 7 heteroatoms. The van der Waals surface area contributed by atoms with Crippen LogP contribution in [0.4, 0.5) is 0 Å². The molecule has 0 atom stereocenters. The molecule has 2 aromatic heterocycles. The molecule has 0 aliphatic heterocycles. The van der Waals surface area contributed by atoms with E-state index in [9.17, 15) is 9.59 Å². The van der Waals surface area contributed by atoms with E-state index in [-0.39, 0.29) is 0 Å². The summed E-state index contributed by atoms with van der Waals surface area (Å²) in [5.41, 5.74) is 2.55. The van der Waals surface area contributed by atoms with Gasteiger partial charge in [-0.15, -0.1) is 0 Å². The van der Waals surface area contributed by atoms with Gasteiger partial charge in [0.25, 0.3) is 0 Å². The first-order valence-electron chi connectivity index (χ1n) is 12.1. The van der Waals surface area contributed by atoms with Crippen LogP contribution in [0, 0.1) is 0 Å². The lowest BCUT2D eigenvalue weighted by Crippen LogP contribution is -2.09. The minimum Gasteiger partial charge on any atom is -0.497 e. The number of fused-ring (bicyclic) bond motifs is 2. The Kier molecular flexibility index (Phi) is 6.09. The number of hydrogen-bond acceptors (Lipinski definition) is 7. The second-order valence-electron chi connectivity index (χ2n) is 8.80. The normalized spacial score (nSPS) is 11.0. The summed E-state index contributed by atoms with van der Waals surface area (Å²) in [6.45, 7) is 0. The van der Waals surface area contributed by atoms with Crippen molar-refractivity contribution < 1.29 is 27.8 Å². The molecule has 0 spiro atoms. The van der Waals surface area contributed by atoms with Crippen molar-refractivity contribution in [1.29, 1.82) is 0 Å². The van der Waals surface area contributed by atoms with Crippen molar-refractivity contribution >= 4 is 27.9 Å². The van der Waals surface area contributed by atoms with Gasteiger partial charge in [-0.2, -0.15) is 0 Å². The highest BCUT2D eigenvalue weighted by molar-refractivity contribution is 6.00. The molecule has 0 unspecified atom stereocenters. The third-order valence-corrected chi connectivity index (χ3v) is 6.43. The predicted molar refractivity (Wildman–Crippen MR) is 148 cm³/mol. The lowest BCUT2D eigenvalue weighted by Gasteiger charge is -2.13. The molecule has 6 aromatic rings. The van der Waals surface area contributed by atoms with Gasteiger partial charge >= 0.3 is 11.6 Å². The summed E-state index contributed by atoms with van der Waals surface area (Å²) in [7, 11) is 3.10. The highest BCUT2D eigenvalue weighted by atomic mass is 16.5. The maximum absolute atomic E-state index is 13.2. The number of ether oxygens (including phenoxy) is 3. The lowest BCUT2D eigenvalue weighted by molar-refractivity contribution is 0.0735. The van der Waals surface area contributed by atoms with E-state index in [4.69, 9.17) is 23.0 Å². The van der Waals surface area contributed by atoms with E-state index < -0.39 is 11.6 Å². The number of furan rings is 1. The van der Waals surface area contributed by atoms with Crippen LogP contribution >= 0.6 is 0 Å². The number of para-hydroxylation sites is 1. The van der Waals surface area contributed by atoms with Crippen LogP contribution in [-0.2, 0) is 0 Å². The Morgan fingerprint density at radius 2 is 1.54 bits per heavy atom. The Morgan fingerprint density at radius 1 is 0.718 bits per heavy atom. The van der Waals surface area contributed by atoms with Crippen LogP contribution in [0.2, 0.25) is 0 Å². The van der Waals surface area contributed by atoms with Crippen molar-refractivity contribution in [3.8, 4) is 39.7 Å². The van der Waals surface area contributed by atoms with E-state index in [1.807, 2.05) is 48.5 Å². The summed E-state index contributed by atoms with van der Waals surface area (Å²) < 4.78 is 28.4. The quantitative estimate of drug-likeness (QED) is 0.132. The summed E-state index contributed by atoms with van der Waals surface area (Å²) in [5.74, 6) is 1.30. The molecule has 4 aromatic carbocycles.